The van der Waals surface area contributed by atoms with Gasteiger partial charge in [-0.2, -0.15) is 0 Å². The van der Waals surface area contributed by atoms with Crippen molar-refractivity contribution in [1.29, 1.82) is 0 Å². The monoisotopic (exact) mass is 354 g/mol. The van der Waals surface area contributed by atoms with Crippen LogP contribution in [0.25, 0.3) is 10.2 Å². The Morgan fingerprint density at radius 2 is 1.88 bits per heavy atom. The van der Waals surface area contributed by atoms with Gasteiger partial charge in [-0.05, 0) is 42.8 Å². The van der Waals surface area contributed by atoms with Gasteiger partial charge in [0.1, 0.15) is 5.75 Å². The lowest BCUT2D eigenvalue weighted by atomic mass is 10.2. The summed E-state index contributed by atoms with van der Waals surface area (Å²) in [5.41, 5.74) is 1.49. The van der Waals surface area contributed by atoms with E-state index in [0.29, 0.717) is 10.7 Å². The summed E-state index contributed by atoms with van der Waals surface area (Å²) in [6, 6.07) is 15.1. The first-order chi connectivity index (χ1) is 12.3. The van der Waals surface area contributed by atoms with Crippen molar-refractivity contribution in [2.24, 2.45) is 0 Å². The average molecular weight is 354 g/mol. The van der Waals surface area contributed by atoms with Crippen LogP contribution in [-0.4, -0.2) is 17.5 Å². The molecule has 0 spiro atoms. The third-order valence-electron chi connectivity index (χ3n) is 3.90. The number of aromatic nitrogens is 1. The summed E-state index contributed by atoms with van der Waals surface area (Å²) in [5, 5.41) is 3.47. The molecule has 1 aromatic heterocycles. The number of amides is 1. The van der Waals surface area contributed by atoms with Crippen LogP contribution in [-0.2, 0) is 0 Å². The lowest BCUT2D eigenvalue weighted by Gasteiger charge is -2.07. The number of carbonyl (C=O) groups excluding carboxylic acids is 1. The molecule has 0 fully saturated rings. The van der Waals surface area contributed by atoms with Crippen LogP contribution in [0.15, 0.2) is 48.5 Å². The van der Waals surface area contributed by atoms with Gasteiger partial charge in [-0.25, -0.2) is 4.98 Å². The maximum atomic E-state index is 12.3. The molecule has 5 heteroatoms. The number of benzene rings is 2. The second-order valence-electron chi connectivity index (χ2n) is 5.87. The Labute approximate surface area is 151 Å². The lowest BCUT2D eigenvalue weighted by molar-refractivity contribution is 0.102. The van der Waals surface area contributed by atoms with E-state index in [1.165, 1.54) is 30.6 Å². The zero-order valence-electron chi connectivity index (χ0n) is 14.3. The fourth-order valence-electron chi connectivity index (χ4n) is 2.52. The molecule has 25 heavy (non-hydrogen) atoms. The summed E-state index contributed by atoms with van der Waals surface area (Å²) in [6.07, 6.45) is 4.72. The molecule has 1 heterocycles. The summed E-state index contributed by atoms with van der Waals surface area (Å²) in [5.74, 6) is 0.640. The number of hydrogen-bond acceptors (Lipinski definition) is 4. The van der Waals surface area contributed by atoms with Crippen LogP contribution in [0.5, 0.6) is 5.75 Å². The minimum atomic E-state index is -0.159. The van der Waals surface area contributed by atoms with E-state index in [-0.39, 0.29) is 5.91 Å². The van der Waals surface area contributed by atoms with Gasteiger partial charge in [0.05, 0.1) is 16.8 Å². The highest BCUT2D eigenvalue weighted by atomic mass is 32.1. The molecule has 0 saturated carbocycles. The van der Waals surface area contributed by atoms with Crippen molar-refractivity contribution >= 4 is 32.6 Å². The summed E-state index contributed by atoms with van der Waals surface area (Å²) in [6.45, 7) is 2.91. The van der Waals surface area contributed by atoms with E-state index < -0.39 is 0 Å². The number of ether oxygens (including phenoxy) is 1. The second kappa shape index (κ2) is 8.62. The van der Waals surface area contributed by atoms with Crippen LogP contribution in [0.1, 0.15) is 43.0 Å². The summed E-state index contributed by atoms with van der Waals surface area (Å²) < 4.78 is 6.76. The highest BCUT2D eigenvalue weighted by Crippen LogP contribution is 2.26. The summed E-state index contributed by atoms with van der Waals surface area (Å²) in [4.78, 5) is 16.8. The van der Waals surface area contributed by atoms with E-state index in [0.717, 1.165) is 29.0 Å². The van der Waals surface area contributed by atoms with Gasteiger partial charge in [0.25, 0.3) is 5.91 Å². The number of nitrogens with zero attached hydrogens (tertiary/aromatic N) is 1. The van der Waals surface area contributed by atoms with Crippen LogP contribution in [0.3, 0.4) is 0 Å². The number of nitrogens with one attached hydrogen (secondary N) is 1. The third-order valence-corrected chi connectivity index (χ3v) is 4.85. The minimum absolute atomic E-state index is 0.159. The van der Waals surface area contributed by atoms with E-state index in [4.69, 9.17) is 4.74 Å². The Balaban J connectivity index is 1.55. The predicted molar refractivity (Wildman–Crippen MR) is 104 cm³/mol. The van der Waals surface area contributed by atoms with Crippen molar-refractivity contribution in [3.05, 3.63) is 54.1 Å². The Kier molecular flexibility index (Phi) is 6.01. The Morgan fingerprint density at radius 3 is 2.64 bits per heavy atom. The summed E-state index contributed by atoms with van der Waals surface area (Å²) >= 11 is 1.47. The van der Waals surface area contributed by atoms with E-state index in [9.17, 15) is 4.79 Å². The number of anilines is 1. The fraction of sp³-hybridized carbons (Fsp3) is 0.300. The van der Waals surface area contributed by atoms with Gasteiger partial charge in [-0.15, -0.1) is 0 Å². The van der Waals surface area contributed by atoms with Crippen molar-refractivity contribution in [2.45, 2.75) is 32.6 Å². The smallest absolute Gasteiger partial charge is 0.257 e. The van der Waals surface area contributed by atoms with Crippen LogP contribution in [0.4, 0.5) is 5.13 Å². The number of para-hydroxylation sites is 1. The number of unbranched alkanes of at least 4 members (excludes halogenated alkanes) is 3. The van der Waals surface area contributed by atoms with Crippen LogP contribution >= 0.6 is 11.3 Å². The number of hydrogen-bond donors (Lipinski definition) is 1. The van der Waals surface area contributed by atoms with Gasteiger partial charge < -0.3 is 4.74 Å². The van der Waals surface area contributed by atoms with E-state index >= 15 is 0 Å². The molecule has 0 saturated heterocycles. The zero-order valence-corrected chi connectivity index (χ0v) is 15.1. The molecule has 130 valence electrons. The number of rotatable bonds is 8. The molecule has 1 N–H and O–H groups in total. The van der Waals surface area contributed by atoms with Crippen LogP contribution in [0, 0.1) is 0 Å². The zero-order chi connectivity index (χ0) is 17.5. The molecule has 0 radical (unpaired) electrons. The molecule has 0 aliphatic heterocycles. The molecule has 3 rings (SSSR count). The highest BCUT2D eigenvalue weighted by Gasteiger charge is 2.10. The number of carbonyl (C=O) groups is 1. The van der Waals surface area contributed by atoms with Crippen molar-refractivity contribution in [1.82, 2.24) is 4.98 Å². The van der Waals surface area contributed by atoms with E-state index in [1.54, 1.807) is 12.1 Å². The van der Waals surface area contributed by atoms with Gasteiger partial charge in [0.2, 0.25) is 0 Å². The minimum Gasteiger partial charge on any atom is -0.494 e. The standard InChI is InChI=1S/C20H22N2O2S/c1-2-3-4-7-14-24-16-12-10-15(11-13-16)19(23)22-20-21-17-8-5-6-9-18(17)25-20/h5-6,8-13H,2-4,7,14H2,1H3,(H,21,22,23). The van der Waals surface area contributed by atoms with Gasteiger partial charge in [0, 0.05) is 5.56 Å². The average Bonchev–Trinajstić information content (AvgIpc) is 3.04. The Bertz CT molecular complexity index is 794. The maximum absolute atomic E-state index is 12.3. The molecule has 1 amide bonds. The second-order valence-corrected chi connectivity index (χ2v) is 6.91. The first-order valence-corrected chi connectivity index (χ1v) is 9.47. The normalized spacial score (nSPS) is 10.8. The lowest BCUT2D eigenvalue weighted by Crippen LogP contribution is -2.11. The Morgan fingerprint density at radius 1 is 1.08 bits per heavy atom. The molecule has 0 aliphatic rings. The van der Waals surface area contributed by atoms with Crippen molar-refractivity contribution < 1.29 is 9.53 Å². The van der Waals surface area contributed by atoms with Gasteiger partial charge in [-0.1, -0.05) is 49.7 Å². The topological polar surface area (TPSA) is 51.2 Å². The van der Waals surface area contributed by atoms with Gasteiger partial charge in [-0.3, -0.25) is 10.1 Å². The molecule has 0 atom stereocenters. The largest absolute Gasteiger partial charge is 0.494 e. The highest BCUT2D eigenvalue weighted by molar-refractivity contribution is 7.22. The molecule has 0 unspecified atom stereocenters. The third kappa shape index (κ3) is 4.79. The fourth-order valence-corrected chi connectivity index (χ4v) is 3.38. The Hall–Kier alpha value is -2.40. The maximum Gasteiger partial charge on any atom is 0.257 e. The number of thiazole rings is 1. The van der Waals surface area contributed by atoms with Crippen LogP contribution in [0.2, 0.25) is 0 Å². The first-order valence-electron chi connectivity index (χ1n) is 8.66. The van der Waals surface area contributed by atoms with E-state index in [2.05, 4.69) is 17.2 Å². The quantitative estimate of drug-likeness (QED) is 0.543. The first kappa shape index (κ1) is 17.4. The van der Waals surface area contributed by atoms with E-state index in [1.807, 2.05) is 36.4 Å². The SMILES string of the molecule is CCCCCCOc1ccc(C(=O)Nc2nc3ccccc3s2)cc1. The molecule has 0 aliphatic carbocycles. The van der Waals surface area contributed by atoms with Crippen molar-refractivity contribution in [2.75, 3.05) is 11.9 Å². The number of fused-ring (bicyclic) bond motifs is 1. The van der Waals surface area contributed by atoms with Crippen molar-refractivity contribution in [3.63, 3.8) is 0 Å². The van der Waals surface area contributed by atoms with Gasteiger partial charge in [0.15, 0.2) is 5.13 Å². The van der Waals surface area contributed by atoms with Crippen molar-refractivity contribution in [3.8, 4) is 5.75 Å². The molecule has 4 nitrogen and oxygen atoms in total. The molecular weight excluding hydrogens is 332 g/mol. The molecule has 0 bridgehead atoms. The molecular formula is C20H22N2O2S. The predicted octanol–water partition coefficient (Wildman–Crippen LogP) is 5.51. The van der Waals surface area contributed by atoms with Gasteiger partial charge >= 0.3 is 0 Å². The summed E-state index contributed by atoms with van der Waals surface area (Å²) in [7, 11) is 0. The molecule has 2 aromatic carbocycles. The molecule has 3 aromatic rings. The van der Waals surface area contributed by atoms with Crippen LogP contribution < -0.4 is 10.1 Å².